The topological polar surface area (TPSA) is 26.3 Å². The maximum atomic E-state index is 12.2. The third-order valence-corrected chi connectivity index (χ3v) is 3.86. The molecule has 0 radical (unpaired) electrons. The normalized spacial score (nSPS) is 17.6. The molecule has 19 heavy (non-hydrogen) atoms. The lowest BCUT2D eigenvalue weighted by atomic mass is 9.90. The number of hydrogen-bond acceptors (Lipinski definition) is 2. The summed E-state index contributed by atoms with van der Waals surface area (Å²) >= 11 is 0. The summed E-state index contributed by atoms with van der Waals surface area (Å²) in [6.45, 7) is 2.77. The van der Waals surface area contributed by atoms with Crippen LogP contribution in [-0.2, 0) is 11.2 Å². The van der Waals surface area contributed by atoms with Crippen molar-refractivity contribution in [2.45, 2.75) is 51.9 Å². The molecule has 1 heterocycles. The van der Waals surface area contributed by atoms with Crippen LogP contribution in [0.15, 0.2) is 24.3 Å². The number of para-hydroxylation sites is 1. The number of fused-ring (bicyclic) bond motifs is 1. The second-order valence-electron chi connectivity index (χ2n) is 5.45. The van der Waals surface area contributed by atoms with Crippen molar-refractivity contribution in [2.75, 3.05) is 6.61 Å². The molecular formula is C17H24O2. The average Bonchev–Trinajstić information content (AvgIpc) is 2.46. The number of carbonyl (C=O) groups is 1. The van der Waals surface area contributed by atoms with E-state index in [1.807, 2.05) is 18.2 Å². The third kappa shape index (κ3) is 4.09. The average molecular weight is 260 g/mol. The van der Waals surface area contributed by atoms with Crippen LogP contribution in [0, 0.1) is 5.92 Å². The SMILES string of the molecule is CCCCCCCC(=O)C1COc2ccccc2C1. The standard InChI is InChI=1S/C17H24O2/c1-2-3-4-5-6-10-16(18)15-12-14-9-7-8-11-17(14)19-13-15/h7-9,11,15H,2-6,10,12-13H2,1H3. The largest absolute Gasteiger partial charge is 0.493 e. The van der Waals surface area contributed by atoms with Gasteiger partial charge in [-0.15, -0.1) is 0 Å². The van der Waals surface area contributed by atoms with E-state index in [9.17, 15) is 4.79 Å². The van der Waals surface area contributed by atoms with Crippen LogP contribution in [0.4, 0.5) is 0 Å². The first kappa shape index (κ1) is 14.1. The Bertz CT molecular complexity index is 411. The van der Waals surface area contributed by atoms with Gasteiger partial charge in [-0.05, 0) is 24.5 Å². The number of benzene rings is 1. The summed E-state index contributed by atoms with van der Waals surface area (Å²) in [5, 5.41) is 0. The molecule has 0 fully saturated rings. The molecule has 0 N–H and O–H groups in total. The van der Waals surface area contributed by atoms with Gasteiger partial charge in [0.25, 0.3) is 0 Å². The second kappa shape index (κ2) is 7.32. The number of rotatable bonds is 7. The molecule has 0 aromatic heterocycles. The van der Waals surface area contributed by atoms with Crippen LogP contribution in [0.25, 0.3) is 0 Å². The fraction of sp³-hybridized carbons (Fsp3) is 0.588. The molecule has 2 heteroatoms. The van der Waals surface area contributed by atoms with Gasteiger partial charge in [-0.3, -0.25) is 4.79 Å². The van der Waals surface area contributed by atoms with Crippen molar-refractivity contribution in [3.8, 4) is 5.75 Å². The Morgan fingerprint density at radius 1 is 1.21 bits per heavy atom. The molecule has 2 nitrogen and oxygen atoms in total. The van der Waals surface area contributed by atoms with Crippen LogP contribution in [0.1, 0.15) is 51.0 Å². The van der Waals surface area contributed by atoms with Gasteiger partial charge in [-0.25, -0.2) is 0 Å². The van der Waals surface area contributed by atoms with Gasteiger partial charge in [0.05, 0.1) is 12.5 Å². The molecule has 0 spiro atoms. The predicted molar refractivity (Wildman–Crippen MR) is 77.5 cm³/mol. The van der Waals surface area contributed by atoms with Crippen LogP contribution >= 0.6 is 0 Å². The highest BCUT2D eigenvalue weighted by molar-refractivity contribution is 5.81. The van der Waals surface area contributed by atoms with Crippen LogP contribution in [0.5, 0.6) is 5.75 Å². The first-order valence-corrected chi connectivity index (χ1v) is 7.54. The number of hydrogen-bond donors (Lipinski definition) is 0. The van der Waals surface area contributed by atoms with Crippen molar-refractivity contribution in [1.82, 2.24) is 0 Å². The Hall–Kier alpha value is -1.31. The monoisotopic (exact) mass is 260 g/mol. The molecule has 1 aromatic rings. The molecule has 1 aromatic carbocycles. The molecule has 1 unspecified atom stereocenters. The molecule has 0 saturated heterocycles. The highest BCUT2D eigenvalue weighted by Gasteiger charge is 2.24. The molecule has 1 aliphatic heterocycles. The van der Waals surface area contributed by atoms with Gasteiger partial charge in [0.2, 0.25) is 0 Å². The van der Waals surface area contributed by atoms with Gasteiger partial charge in [0, 0.05) is 6.42 Å². The molecule has 0 aliphatic carbocycles. The fourth-order valence-electron chi connectivity index (χ4n) is 2.64. The summed E-state index contributed by atoms with van der Waals surface area (Å²) in [6.07, 6.45) is 7.59. The van der Waals surface area contributed by atoms with Crippen molar-refractivity contribution in [2.24, 2.45) is 5.92 Å². The van der Waals surface area contributed by atoms with Crippen LogP contribution in [0.2, 0.25) is 0 Å². The Balaban J connectivity index is 1.76. The summed E-state index contributed by atoms with van der Waals surface area (Å²) in [5.74, 6) is 1.40. The van der Waals surface area contributed by atoms with E-state index in [4.69, 9.17) is 4.74 Å². The van der Waals surface area contributed by atoms with Gasteiger partial charge in [0.15, 0.2) is 0 Å². The van der Waals surface area contributed by atoms with Gasteiger partial charge in [0.1, 0.15) is 11.5 Å². The number of unbranched alkanes of at least 4 members (excludes halogenated alkanes) is 4. The number of Topliss-reactive ketones (excluding diaryl/α,β-unsaturated/α-hetero) is 1. The number of ether oxygens (including phenoxy) is 1. The lowest BCUT2D eigenvalue weighted by molar-refractivity contribution is -0.124. The van der Waals surface area contributed by atoms with Crippen molar-refractivity contribution in [1.29, 1.82) is 0 Å². The maximum absolute atomic E-state index is 12.2. The van der Waals surface area contributed by atoms with E-state index in [1.165, 1.54) is 31.2 Å². The minimum atomic E-state index is 0.0704. The molecule has 0 amide bonds. The molecule has 1 aliphatic rings. The van der Waals surface area contributed by atoms with Gasteiger partial charge in [-0.2, -0.15) is 0 Å². The van der Waals surface area contributed by atoms with Crippen LogP contribution < -0.4 is 4.74 Å². The predicted octanol–water partition coefficient (Wildman–Crippen LogP) is 4.17. The number of carbonyl (C=O) groups excluding carboxylic acids is 1. The van der Waals surface area contributed by atoms with Gasteiger partial charge < -0.3 is 4.74 Å². The lowest BCUT2D eigenvalue weighted by Gasteiger charge is -2.24. The highest BCUT2D eigenvalue weighted by Crippen LogP contribution is 2.27. The van der Waals surface area contributed by atoms with Crippen LogP contribution in [0.3, 0.4) is 0 Å². The summed E-state index contributed by atoms with van der Waals surface area (Å²) < 4.78 is 5.68. The Kier molecular flexibility index (Phi) is 5.44. The van der Waals surface area contributed by atoms with Crippen molar-refractivity contribution in [3.63, 3.8) is 0 Å². The summed E-state index contributed by atoms with van der Waals surface area (Å²) in [4.78, 5) is 12.2. The zero-order valence-corrected chi connectivity index (χ0v) is 11.9. The Morgan fingerprint density at radius 2 is 2.00 bits per heavy atom. The third-order valence-electron chi connectivity index (χ3n) is 3.86. The van der Waals surface area contributed by atoms with Crippen LogP contribution in [-0.4, -0.2) is 12.4 Å². The molecule has 2 rings (SSSR count). The van der Waals surface area contributed by atoms with Crippen molar-refractivity contribution < 1.29 is 9.53 Å². The van der Waals surface area contributed by atoms with E-state index in [1.54, 1.807) is 0 Å². The smallest absolute Gasteiger partial charge is 0.139 e. The fourth-order valence-corrected chi connectivity index (χ4v) is 2.64. The number of ketones is 1. The molecule has 1 atom stereocenters. The zero-order chi connectivity index (χ0) is 13.5. The molecule has 104 valence electrons. The summed E-state index contributed by atoms with van der Waals surface area (Å²) in [5.41, 5.74) is 1.18. The Morgan fingerprint density at radius 3 is 2.84 bits per heavy atom. The Labute approximate surface area is 116 Å². The van der Waals surface area contributed by atoms with Gasteiger partial charge in [-0.1, -0.05) is 50.8 Å². The minimum Gasteiger partial charge on any atom is -0.493 e. The highest BCUT2D eigenvalue weighted by atomic mass is 16.5. The summed E-state index contributed by atoms with van der Waals surface area (Å²) in [6, 6.07) is 8.05. The van der Waals surface area contributed by atoms with E-state index in [0.717, 1.165) is 25.0 Å². The van der Waals surface area contributed by atoms with Crippen molar-refractivity contribution >= 4 is 5.78 Å². The van der Waals surface area contributed by atoms with Crippen molar-refractivity contribution in [3.05, 3.63) is 29.8 Å². The van der Waals surface area contributed by atoms with E-state index in [0.29, 0.717) is 12.4 Å². The van der Waals surface area contributed by atoms with E-state index in [-0.39, 0.29) is 5.92 Å². The first-order valence-electron chi connectivity index (χ1n) is 7.54. The first-order chi connectivity index (χ1) is 9.31. The molecule has 0 bridgehead atoms. The second-order valence-corrected chi connectivity index (χ2v) is 5.45. The van der Waals surface area contributed by atoms with E-state index >= 15 is 0 Å². The quantitative estimate of drug-likeness (QED) is 0.688. The lowest BCUT2D eigenvalue weighted by Crippen LogP contribution is -2.28. The minimum absolute atomic E-state index is 0.0704. The summed E-state index contributed by atoms with van der Waals surface area (Å²) in [7, 11) is 0. The molecular weight excluding hydrogens is 236 g/mol. The van der Waals surface area contributed by atoms with Gasteiger partial charge >= 0.3 is 0 Å². The van der Waals surface area contributed by atoms with E-state index in [2.05, 4.69) is 13.0 Å². The maximum Gasteiger partial charge on any atom is 0.139 e. The zero-order valence-electron chi connectivity index (χ0n) is 11.9. The van der Waals surface area contributed by atoms with E-state index < -0.39 is 0 Å². The molecule has 0 saturated carbocycles.